The highest BCUT2D eigenvalue weighted by molar-refractivity contribution is 7.88. The summed E-state index contributed by atoms with van der Waals surface area (Å²) in [5.41, 5.74) is -1.73. The molecule has 2 rings (SSSR count). The first-order valence-electron chi connectivity index (χ1n) is 8.31. The van der Waals surface area contributed by atoms with Gasteiger partial charge in [-0.2, -0.15) is 22.0 Å². The Bertz CT molecular complexity index is 1060. The number of ether oxygens (including phenoxy) is 1. The van der Waals surface area contributed by atoms with E-state index in [-0.39, 0.29) is 16.4 Å². The molecule has 0 fully saturated rings. The number of pyridine rings is 1. The first-order chi connectivity index (χ1) is 14.2. The first-order valence-corrected chi connectivity index (χ1v) is 10.6. The number of aromatic nitrogens is 1. The van der Waals surface area contributed by atoms with Crippen molar-refractivity contribution in [1.82, 2.24) is 9.71 Å². The van der Waals surface area contributed by atoms with Crippen LogP contribution in [-0.4, -0.2) is 44.9 Å². The van der Waals surface area contributed by atoms with Crippen LogP contribution < -0.4 is 14.8 Å². The van der Waals surface area contributed by atoms with E-state index in [0.717, 1.165) is 18.4 Å². The van der Waals surface area contributed by atoms with Crippen LogP contribution in [0.15, 0.2) is 36.5 Å². The van der Waals surface area contributed by atoms with E-state index in [2.05, 4.69) is 10.3 Å². The highest BCUT2D eigenvalue weighted by Gasteiger charge is 2.60. The lowest BCUT2D eigenvalue weighted by Crippen LogP contribution is -2.34. The summed E-state index contributed by atoms with van der Waals surface area (Å²) in [5.74, 6) is -6.95. The summed E-state index contributed by atoms with van der Waals surface area (Å²) < 4.78 is 95.4. The molecule has 0 radical (unpaired) electrons. The summed E-state index contributed by atoms with van der Waals surface area (Å²) in [7, 11) is -3.63. The fourth-order valence-electron chi connectivity index (χ4n) is 2.27. The molecule has 1 aromatic heterocycles. The molecule has 0 aliphatic rings. The van der Waals surface area contributed by atoms with Crippen LogP contribution in [0, 0.1) is 0 Å². The molecule has 170 valence electrons. The van der Waals surface area contributed by atoms with Crippen LogP contribution in [0.5, 0.6) is 5.75 Å². The van der Waals surface area contributed by atoms with E-state index < -0.39 is 52.5 Å². The molecule has 31 heavy (non-hydrogen) atoms. The maximum atomic E-state index is 13.9. The number of anilines is 1. The van der Waals surface area contributed by atoms with Crippen molar-refractivity contribution in [3.05, 3.63) is 52.8 Å². The number of amides is 1. The number of hydrogen-bond donors (Lipinski definition) is 2. The zero-order chi connectivity index (χ0) is 23.4. The van der Waals surface area contributed by atoms with Gasteiger partial charge in [-0.1, -0.05) is 11.6 Å². The van der Waals surface area contributed by atoms with Gasteiger partial charge in [0.25, 0.3) is 5.91 Å². The van der Waals surface area contributed by atoms with Gasteiger partial charge in [0.2, 0.25) is 10.0 Å². The van der Waals surface area contributed by atoms with Gasteiger partial charge in [0.05, 0.1) is 17.4 Å². The van der Waals surface area contributed by atoms with Crippen molar-refractivity contribution in [3.63, 3.8) is 0 Å². The Hall–Kier alpha value is -2.51. The Morgan fingerprint density at radius 3 is 2.45 bits per heavy atom. The topological polar surface area (TPSA) is 97.4 Å². The smallest absolute Gasteiger partial charge is 0.458 e. The predicted octanol–water partition coefficient (Wildman–Crippen LogP) is 3.57. The van der Waals surface area contributed by atoms with E-state index in [0.29, 0.717) is 6.07 Å². The number of nitrogens with one attached hydrogen (secondary N) is 2. The summed E-state index contributed by atoms with van der Waals surface area (Å²) in [6, 6.07) is 4.78. The average molecular weight is 488 g/mol. The van der Waals surface area contributed by atoms with Crippen LogP contribution in [0.1, 0.15) is 15.9 Å². The number of hydrogen-bond acceptors (Lipinski definition) is 5. The van der Waals surface area contributed by atoms with Crippen molar-refractivity contribution in [2.24, 2.45) is 0 Å². The van der Waals surface area contributed by atoms with Crippen molar-refractivity contribution in [1.29, 1.82) is 0 Å². The fourth-order valence-corrected chi connectivity index (χ4v) is 2.93. The molecule has 0 unspecified atom stereocenters. The Morgan fingerprint density at radius 2 is 1.87 bits per heavy atom. The van der Waals surface area contributed by atoms with E-state index in [1.807, 2.05) is 4.72 Å². The van der Waals surface area contributed by atoms with E-state index in [9.17, 15) is 35.2 Å². The Balaban J connectivity index is 2.33. The van der Waals surface area contributed by atoms with Gasteiger partial charge in [0.15, 0.2) is 0 Å². The van der Waals surface area contributed by atoms with Gasteiger partial charge in [0.1, 0.15) is 17.5 Å². The molecule has 7 nitrogen and oxygen atoms in total. The molecule has 0 saturated carbocycles. The SMILES string of the molecule is CS(=O)(=O)NCCOc1cc(NC(=O)c2cccnc2Cl)ccc1C(F)(F)C(F)(F)F. The second-order valence-corrected chi connectivity index (χ2v) is 8.28. The number of sulfonamides is 1. The lowest BCUT2D eigenvalue weighted by Gasteiger charge is -2.23. The molecular weight excluding hydrogens is 473 g/mol. The molecular formula is C17H15ClF5N3O4S. The molecule has 0 aliphatic carbocycles. The van der Waals surface area contributed by atoms with Crippen LogP contribution in [0.25, 0.3) is 0 Å². The van der Waals surface area contributed by atoms with E-state index in [4.69, 9.17) is 16.3 Å². The number of carbonyl (C=O) groups is 1. The van der Waals surface area contributed by atoms with E-state index in [1.165, 1.54) is 18.3 Å². The predicted molar refractivity (Wildman–Crippen MR) is 102 cm³/mol. The van der Waals surface area contributed by atoms with Crippen molar-refractivity contribution in [3.8, 4) is 5.75 Å². The van der Waals surface area contributed by atoms with Crippen molar-refractivity contribution >= 4 is 33.2 Å². The molecule has 0 spiro atoms. The summed E-state index contributed by atoms with van der Waals surface area (Å²) >= 11 is 5.80. The van der Waals surface area contributed by atoms with E-state index in [1.54, 1.807) is 0 Å². The Morgan fingerprint density at radius 1 is 1.19 bits per heavy atom. The van der Waals surface area contributed by atoms with Crippen molar-refractivity contribution in [2.45, 2.75) is 12.1 Å². The van der Waals surface area contributed by atoms with Crippen LogP contribution in [-0.2, 0) is 15.9 Å². The van der Waals surface area contributed by atoms with Gasteiger partial charge in [-0.25, -0.2) is 18.1 Å². The average Bonchev–Trinajstić information content (AvgIpc) is 2.64. The largest absolute Gasteiger partial charge is 0.492 e. The number of carbonyl (C=O) groups excluding carboxylic acids is 1. The molecule has 0 bridgehead atoms. The lowest BCUT2D eigenvalue weighted by molar-refractivity contribution is -0.289. The molecule has 2 aromatic rings. The zero-order valence-electron chi connectivity index (χ0n) is 15.6. The minimum atomic E-state index is -5.91. The number of halogens is 6. The third kappa shape index (κ3) is 6.48. The summed E-state index contributed by atoms with van der Waals surface area (Å²) in [6.45, 7) is -0.947. The molecule has 1 heterocycles. The second-order valence-electron chi connectivity index (χ2n) is 6.09. The molecule has 14 heteroatoms. The minimum absolute atomic E-state index is 0.0614. The number of rotatable bonds is 8. The number of alkyl halides is 5. The Labute approximate surface area is 178 Å². The standard InChI is InChI=1S/C17H15ClF5N3O4S/c1-31(28,29)25-7-8-30-13-9-10(4-5-12(13)16(19,20)17(21,22)23)26-15(27)11-3-2-6-24-14(11)18/h2-6,9,25H,7-8H2,1H3,(H,26,27). The van der Waals surface area contributed by atoms with E-state index >= 15 is 0 Å². The van der Waals surface area contributed by atoms with Crippen molar-refractivity contribution < 1.29 is 39.9 Å². The maximum Gasteiger partial charge on any atom is 0.458 e. The van der Waals surface area contributed by atoms with Gasteiger partial charge in [-0.05, 0) is 24.3 Å². The molecule has 0 aliphatic heterocycles. The summed E-state index contributed by atoms with van der Waals surface area (Å²) in [6.07, 6.45) is -3.76. The normalized spacial score (nSPS) is 12.5. The zero-order valence-corrected chi connectivity index (χ0v) is 17.2. The third-order valence-electron chi connectivity index (χ3n) is 3.66. The Kier molecular flexibility index (Phi) is 7.44. The van der Waals surface area contributed by atoms with Gasteiger partial charge in [-0.15, -0.1) is 0 Å². The second kappa shape index (κ2) is 9.32. The maximum absolute atomic E-state index is 13.9. The first kappa shape index (κ1) is 24.8. The third-order valence-corrected chi connectivity index (χ3v) is 4.69. The molecule has 0 atom stereocenters. The highest BCUT2D eigenvalue weighted by Crippen LogP contribution is 2.47. The van der Waals surface area contributed by atoms with Gasteiger partial charge in [0, 0.05) is 24.5 Å². The number of nitrogens with zero attached hydrogens (tertiary/aromatic N) is 1. The van der Waals surface area contributed by atoms with Gasteiger partial charge in [-0.3, -0.25) is 4.79 Å². The van der Waals surface area contributed by atoms with Crippen LogP contribution >= 0.6 is 11.6 Å². The minimum Gasteiger partial charge on any atom is -0.492 e. The van der Waals surface area contributed by atoms with Crippen LogP contribution in [0.4, 0.5) is 27.6 Å². The molecule has 0 saturated heterocycles. The molecule has 1 amide bonds. The number of benzene rings is 1. The van der Waals surface area contributed by atoms with Crippen molar-refractivity contribution in [2.75, 3.05) is 24.7 Å². The summed E-state index contributed by atoms with van der Waals surface area (Å²) in [5, 5.41) is 2.14. The quantitative estimate of drug-likeness (QED) is 0.337. The van der Waals surface area contributed by atoms with Gasteiger partial charge >= 0.3 is 12.1 Å². The highest BCUT2D eigenvalue weighted by atomic mass is 35.5. The fraction of sp³-hybridized carbons (Fsp3) is 0.294. The lowest BCUT2D eigenvalue weighted by atomic mass is 10.1. The van der Waals surface area contributed by atoms with Crippen LogP contribution in [0.2, 0.25) is 5.15 Å². The van der Waals surface area contributed by atoms with Gasteiger partial charge < -0.3 is 10.1 Å². The molecule has 1 aromatic carbocycles. The van der Waals surface area contributed by atoms with Crippen LogP contribution in [0.3, 0.4) is 0 Å². The monoisotopic (exact) mass is 487 g/mol. The molecule has 2 N–H and O–H groups in total. The summed E-state index contributed by atoms with van der Waals surface area (Å²) in [4.78, 5) is 16.0.